The molecule has 1 fully saturated rings. The second kappa shape index (κ2) is 12.4. The summed E-state index contributed by atoms with van der Waals surface area (Å²) >= 11 is 7.98. The van der Waals surface area contributed by atoms with Crippen molar-refractivity contribution in [2.24, 2.45) is 5.10 Å². The van der Waals surface area contributed by atoms with Crippen LogP contribution in [0.4, 0.5) is 0 Å². The minimum Gasteiger partial charge on any atom is -0.487 e. The lowest BCUT2D eigenvalue weighted by Crippen LogP contribution is -2.38. The molecule has 2 aromatic rings. The van der Waals surface area contributed by atoms with Crippen LogP contribution in [0.2, 0.25) is 0 Å². The van der Waals surface area contributed by atoms with Gasteiger partial charge < -0.3 is 10.1 Å². The van der Waals surface area contributed by atoms with Crippen molar-refractivity contribution in [1.82, 2.24) is 10.7 Å². The van der Waals surface area contributed by atoms with Crippen LogP contribution in [-0.4, -0.2) is 24.7 Å². The Labute approximate surface area is 213 Å². The number of carbonyl (C=O) groups is 1. The number of amides is 1. The number of nitrogens with one attached hydrogen (secondary N) is 2. The number of ether oxygens (including phenoxy) is 1. The third-order valence-electron chi connectivity index (χ3n) is 4.88. The van der Waals surface area contributed by atoms with Gasteiger partial charge in [0.1, 0.15) is 12.4 Å². The van der Waals surface area contributed by atoms with E-state index < -0.39 is 0 Å². The predicted octanol–water partition coefficient (Wildman–Crippen LogP) is 5.61. The highest BCUT2D eigenvalue weighted by molar-refractivity contribution is 14.1. The summed E-state index contributed by atoms with van der Waals surface area (Å²) < 4.78 is 9.09. The number of nitrogens with zero attached hydrogens (tertiary/aromatic N) is 1. The van der Waals surface area contributed by atoms with Crippen molar-refractivity contribution in [1.29, 1.82) is 0 Å². The van der Waals surface area contributed by atoms with Gasteiger partial charge >= 0.3 is 0 Å². The van der Waals surface area contributed by atoms with E-state index in [1.54, 1.807) is 6.21 Å². The van der Waals surface area contributed by atoms with Crippen LogP contribution in [0, 0.1) is 7.14 Å². The molecule has 0 radical (unpaired) electrons. The fraction of sp³-hybridized carbons (Fsp3) is 0.364. The smallest absolute Gasteiger partial charge is 0.254 e. The van der Waals surface area contributed by atoms with Gasteiger partial charge in [0.2, 0.25) is 0 Å². The molecule has 0 aromatic heterocycles. The van der Waals surface area contributed by atoms with Crippen LogP contribution < -0.4 is 15.5 Å². The van der Waals surface area contributed by atoms with Gasteiger partial charge in [-0.15, -0.1) is 0 Å². The topological polar surface area (TPSA) is 62.7 Å². The zero-order valence-electron chi connectivity index (χ0n) is 16.5. The van der Waals surface area contributed by atoms with Crippen LogP contribution in [-0.2, 0) is 11.4 Å². The van der Waals surface area contributed by atoms with Crippen molar-refractivity contribution in [3.63, 3.8) is 0 Å². The molecule has 5 nitrogen and oxygen atoms in total. The molecule has 1 aliphatic carbocycles. The van der Waals surface area contributed by atoms with Crippen molar-refractivity contribution in [3.8, 4) is 5.75 Å². The first-order chi connectivity index (χ1) is 14.5. The predicted molar refractivity (Wildman–Crippen MR) is 141 cm³/mol. The average Bonchev–Trinajstić information content (AvgIpc) is 2.74. The quantitative estimate of drug-likeness (QED) is 0.215. The summed E-state index contributed by atoms with van der Waals surface area (Å²) in [5, 5.41) is 7.42. The molecule has 2 N–H and O–H groups in total. The minimum absolute atomic E-state index is 0.115. The SMILES string of the molecule is O=C(CNC1CCCCC1)N/N=C\c1cc(I)c(OCc2ccc(Br)cc2)c(I)c1. The molecule has 3 rings (SSSR count). The molecular formula is C22H24BrI2N3O2. The number of halogens is 3. The Morgan fingerprint density at radius 2 is 1.80 bits per heavy atom. The summed E-state index contributed by atoms with van der Waals surface area (Å²) in [7, 11) is 0. The first-order valence-electron chi connectivity index (χ1n) is 9.93. The fourth-order valence-corrected chi connectivity index (χ4v) is 5.68. The van der Waals surface area contributed by atoms with Crippen molar-refractivity contribution in [2.45, 2.75) is 44.8 Å². The van der Waals surface area contributed by atoms with Crippen LogP contribution in [0.15, 0.2) is 46.0 Å². The molecular weight excluding hydrogens is 672 g/mol. The first-order valence-corrected chi connectivity index (χ1v) is 12.9. The summed E-state index contributed by atoms with van der Waals surface area (Å²) in [6.07, 6.45) is 7.78. The molecule has 1 amide bonds. The van der Waals surface area contributed by atoms with Crippen LogP contribution in [0.3, 0.4) is 0 Å². The van der Waals surface area contributed by atoms with E-state index in [1.165, 1.54) is 19.3 Å². The number of rotatable bonds is 8. The largest absolute Gasteiger partial charge is 0.487 e. The van der Waals surface area contributed by atoms with Crippen LogP contribution in [0.25, 0.3) is 0 Å². The highest BCUT2D eigenvalue weighted by atomic mass is 127. The maximum atomic E-state index is 12.0. The molecule has 0 aliphatic heterocycles. The standard InChI is InChI=1S/C22H24BrI2N3O2/c23-17-8-6-15(7-9-17)14-30-22-19(24)10-16(11-20(22)25)12-27-28-21(29)13-26-18-4-2-1-3-5-18/h6-12,18,26H,1-5,13-14H2,(H,28,29)/b27-12-. The third-order valence-corrected chi connectivity index (χ3v) is 7.01. The van der Waals surface area contributed by atoms with Gasteiger partial charge in [0.05, 0.1) is 19.9 Å². The zero-order chi connectivity index (χ0) is 21.3. The molecule has 8 heteroatoms. The van der Waals surface area contributed by atoms with Crippen molar-refractivity contribution < 1.29 is 9.53 Å². The van der Waals surface area contributed by atoms with E-state index in [2.05, 4.69) is 77.0 Å². The van der Waals surface area contributed by atoms with Gasteiger partial charge in [-0.25, -0.2) is 5.43 Å². The van der Waals surface area contributed by atoms with Crippen molar-refractivity contribution in [2.75, 3.05) is 6.54 Å². The Bertz CT molecular complexity index is 861. The Kier molecular flexibility index (Phi) is 9.85. The maximum Gasteiger partial charge on any atom is 0.254 e. The highest BCUT2D eigenvalue weighted by Crippen LogP contribution is 2.29. The summed E-state index contributed by atoms with van der Waals surface area (Å²) in [6.45, 7) is 0.816. The highest BCUT2D eigenvalue weighted by Gasteiger charge is 2.13. The second-order valence-electron chi connectivity index (χ2n) is 7.24. The van der Waals surface area contributed by atoms with Gasteiger partial charge in [-0.05, 0) is 93.4 Å². The van der Waals surface area contributed by atoms with Crippen LogP contribution in [0.5, 0.6) is 5.75 Å². The summed E-state index contributed by atoms with van der Waals surface area (Å²) in [5.74, 6) is 0.743. The van der Waals surface area contributed by atoms with Crippen LogP contribution >= 0.6 is 61.1 Å². The van der Waals surface area contributed by atoms with E-state index in [0.717, 1.165) is 41.3 Å². The van der Waals surface area contributed by atoms with Gasteiger partial charge in [0.25, 0.3) is 5.91 Å². The minimum atomic E-state index is -0.115. The zero-order valence-corrected chi connectivity index (χ0v) is 22.4. The monoisotopic (exact) mass is 695 g/mol. The lowest BCUT2D eigenvalue weighted by Gasteiger charge is -2.22. The lowest BCUT2D eigenvalue weighted by molar-refractivity contribution is -0.120. The number of hydrazone groups is 1. The molecule has 1 saturated carbocycles. The summed E-state index contributed by atoms with van der Waals surface area (Å²) in [5.41, 5.74) is 4.63. The van der Waals surface area contributed by atoms with E-state index in [4.69, 9.17) is 4.74 Å². The third kappa shape index (κ3) is 7.76. The normalized spacial score (nSPS) is 14.8. The van der Waals surface area contributed by atoms with Crippen molar-refractivity contribution >= 4 is 73.2 Å². The second-order valence-corrected chi connectivity index (χ2v) is 10.5. The van der Waals surface area contributed by atoms with Crippen molar-refractivity contribution in [3.05, 3.63) is 59.1 Å². The molecule has 0 atom stereocenters. The molecule has 0 spiro atoms. The van der Waals surface area contributed by atoms with Gasteiger partial charge in [-0.1, -0.05) is 47.3 Å². The number of benzene rings is 2. The van der Waals surface area contributed by atoms with Gasteiger partial charge in [0, 0.05) is 10.5 Å². The number of carbonyl (C=O) groups excluding carboxylic acids is 1. The van der Waals surface area contributed by atoms with Crippen LogP contribution in [0.1, 0.15) is 43.2 Å². The molecule has 0 heterocycles. The van der Waals surface area contributed by atoms with Gasteiger partial charge in [-0.2, -0.15) is 5.10 Å². The maximum absolute atomic E-state index is 12.0. The summed E-state index contributed by atoms with van der Waals surface area (Å²) in [6, 6.07) is 12.5. The van der Waals surface area contributed by atoms with E-state index >= 15 is 0 Å². The first kappa shape index (κ1) is 23.9. The Balaban J connectivity index is 1.49. The van der Waals surface area contributed by atoms with E-state index in [1.807, 2.05) is 36.4 Å². The molecule has 0 bridgehead atoms. The Hall–Kier alpha value is -0.720. The Morgan fingerprint density at radius 3 is 2.47 bits per heavy atom. The molecule has 1 aliphatic rings. The van der Waals surface area contributed by atoms with Gasteiger partial charge in [-0.3, -0.25) is 4.79 Å². The molecule has 30 heavy (non-hydrogen) atoms. The number of hydrogen-bond donors (Lipinski definition) is 2. The average molecular weight is 696 g/mol. The molecule has 0 saturated heterocycles. The lowest BCUT2D eigenvalue weighted by atomic mass is 9.95. The number of hydrogen-bond acceptors (Lipinski definition) is 4. The van der Waals surface area contributed by atoms with E-state index in [9.17, 15) is 4.79 Å². The van der Waals surface area contributed by atoms with Gasteiger partial charge in [0.15, 0.2) is 0 Å². The fourth-order valence-electron chi connectivity index (χ4n) is 3.29. The summed E-state index contributed by atoms with van der Waals surface area (Å²) in [4.78, 5) is 12.0. The molecule has 160 valence electrons. The van der Waals surface area contributed by atoms with E-state index in [0.29, 0.717) is 19.2 Å². The molecule has 2 aromatic carbocycles. The molecule has 0 unspecified atom stereocenters. The Morgan fingerprint density at radius 1 is 1.13 bits per heavy atom. The van der Waals surface area contributed by atoms with E-state index in [-0.39, 0.29) is 5.91 Å².